The maximum Gasteiger partial charge on any atom is 0.271 e. The minimum Gasteiger partial charge on any atom is -0.507 e. The number of para-hydroxylation sites is 1. The number of anilines is 2. The highest BCUT2D eigenvalue weighted by Crippen LogP contribution is 2.64. The Hall–Kier alpha value is -5.92. The quantitative estimate of drug-likeness (QED) is 0.0751. The van der Waals surface area contributed by atoms with Crippen LogP contribution in [0, 0.1) is 46.1 Å². The highest BCUT2D eigenvalue weighted by Gasteiger charge is 2.68. The third kappa shape index (κ3) is 5.21. The van der Waals surface area contributed by atoms with E-state index in [1.165, 1.54) is 45.2 Å². The standard InChI is InChI=1S/C43H36ClN5O7S/c1-5-8-22-9-6-12-28(37(22)50)36-26-14-15-27-35(41(53)47(39(27)51)24-10-7-11-25(18-24)49(55)56)30(26)19-31-40(52)48(42(54)43(31,36)3)34-20-32(45-46(34)4)38-21(2)29-17-23(44)13-16-33(29)57-38/h5-7,9-14,16-18,20,27,30-31,35-36,50H,1,8,15,19H2,2-4H3. The highest BCUT2D eigenvalue weighted by atomic mass is 35.5. The Morgan fingerprint density at radius 1 is 1.04 bits per heavy atom. The first-order chi connectivity index (χ1) is 27.3. The summed E-state index contributed by atoms with van der Waals surface area (Å²) in [7, 11) is 1.68. The SMILES string of the molecule is C=CCc1cccc(C2C3=CCC4C(=O)N(c5cccc([N+](=O)[O-])c5)C(=O)C4C3CC3C(=O)N(c4cc(-c5sc6ccc(Cl)cc6c5C)nn4C)C(=O)C32C)c1O. The van der Waals surface area contributed by atoms with Crippen LogP contribution in [0.2, 0.25) is 5.02 Å². The second-order valence-electron chi connectivity index (χ2n) is 15.5. The maximum absolute atomic E-state index is 15.2. The fraction of sp³-hybridized carbons (Fsp3) is 0.279. The zero-order valence-electron chi connectivity index (χ0n) is 31.1. The number of imide groups is 2. The summed E-state index contributed by atoms with van der Waals surface area (Å²) in [5, 5.41) is 29.9. The van der Waals surface area contributed by atoms with Crippen molar-refractivity contribution in [1.82, 2.24) is 9.78 Å². The number of aromatic hydroxyl groups is 1. The normalized spacial score (nSPS) is 25.5. The van der Waals surface area contributed by atoms with Gasteiger partial charge in [0, 0.05) is 46.5 Å². The molecular weight excluding hydrogens is 766 g/mol. The van der Waals surface area contributed by atoms with Gasteiger partial charge in [-0.2, -0.15) is 5.10 Å². The third-order valence-electron chi connectivity index (χ3n) is 12.6. The number of carbonyl (C=O) groups is 4. The molecule has 1 saturated carbocycles. The van der Waals surface area contributed by atoms with Crippen LogP contribution in [0.15, 0.2) is 91.0 Å². The molecule has 6 unspecified atom stereocenters. The number of carbonyl (C=O) groups excluding carboxylic acids is 4. The van der Waals surface area contributed by atoms with E-state index < -0.39 is 63.6 Å². The summed E-state index contributed by atoms with van der Waals surface area (Å²) in [6, 6.07) is 18.2. The number of aryl methyl sites for hydroxylation is 2. The lowest BCUT2D eigenvalue weighted by Crippen LogP contribution is -2.49. The molecule has 288 valence electrons. The van der Waals surface area contributed by atoms with Crippen molar-refractivity contribution in [3.8, 4) is 16.3 Å². The molecule has 2 aliphatic heterocycles. The van der Waals surface area contributed by atoms with Crippen molar-refractivity contribution < 1.29 is 29.2 Å². The van der Waals surface area contributed by atoms with E-state index in [4.69, 9.17) is 16.7 Å². The summed E-state index contributed by atoms with van der Waals surface area (Å²) >= 11 is 7.85. The van der Waals surface area contributed by atoms with Gasteiger partial charge in [-0.15, -0.1) is 17.9 Å². The number of amides is 4. The van der Waals surface area contributed by atoms with Crippen molar-refractivity contribution in [2.45, 2.75) is 39.0 Å². The fourth-order valence-corrected chi connectivity index (χ4v) is 11.3. The number of fused-ring (bicyclic) bond motifs is 5. The van der Waals surface area contributed by atoms with E-state index in [1.54, 1.807) is 44.3 Å². The molecule has 3 fully saturated rings. The number of hydrogen-bond acceptors (Lipinski definition) is 9. The number of phenols is 1. The average Bonchev–Trinajstić information content (AvgIpc) is 3.86. The number of rotatable bonds is 7. The zero-order valence-corrected chi connectivity index (χ0v) is 32.7. The number of hydrogen-bond donors (Lipinski definition) is 1. The van der Waals surface area contributed by atoms with Crippen molar-refractivity contribution in [3.63, 3.8) is 0 Å². The predicted molar refractivity (Wildman–Crippen MR) is 216 cm³/mol. The minimum atomic E-state index is -1.41. The molecule has 4 aliphatic rings. The molecule has 4 amide bonds. The molecule has 6 atom stereocenters. The van der Waals surface area contributed by atoms with Gasteiger partial charge in [0.25, 0.3) is 5.69 Å². The summed E-state index contributed by atoms with van der Waals surface area (Å²) in [5.41, 5.74) is 1.73. The van der Waals surface area contributed by atoms with Crippen LogP contribution in [-0.2, 0) is 32.6 Å². The van der Waals surface area contributed by atoms with Gasteiger partial charge in [0.05, 0.1) is 38.7 Å². The number of benzene rings is 3. The summed E-state index contributed by atoms with van der Waals surface area (Å²) in [4.78, 5) is 72.8. The third-order valence-corrected chi connectivity index (χ3v) is 14.1. The van der Waals surface area contributed by atoms with E-state index in [-0.39, 0.29) is 35.8 Å². The second kappa shape index (κ2) is 13.1. The van der Waals surface area contributed by atoms with Crippen LogP contribution in [-0.4, -0.2) is 43.4 Å². The summed E-state index contributed by atoms with van der Waals surface area (Å²) in [5.74, 6) is -5.77. The van der Waals surface area contributed by atoms with Crippen LogP contribution >= 0.6 is 22.9 Å². The highest BCUT2D eigenvalue weighted by molar-refractivity contribution is 7.22. The Balaban J connectivity index is 1.16. The Kier molecular flexibility index (Phi) is 8.41. The van der Waals surface area contributed by atoms with Gasteiger partial charge in [-0.3, -0.25) is 34.0 Å². The van der Waals surface area contributed by atoms with Crippen molar-refractivity contribution >= 4 is 73.8 Å². The summed E-state index contributed by atoms with van der Waals surface area (Å²) in [6.07, 6.45) is 4.19. The van der Waals surface area contributed by atoms with E-state index in [1.807, 2.05) is 31.2 Å². The van der Waals surface area contributed by atoms with Crippen molar-refractivity contribution in [2.75, 3.05) is 9.80 Å². The average molecular weight is 802 g/mol. The maximum atomic E-state index is 15.2. The molecule has 3 aromatic carbocycles. The van der Waals surface area contributed by atoms with Crippen molar-refractivity contribution in [3.05, 3.63) is 123 Å². The van der Waals surface area contributed by atoms with Crippen LogP contribution in [0.3, 0.4) is 0 Å². The largest absolute Gasteiger partial charge is 0.507 e. The van der Waals surface area contributed by atoms with E-state index in [0.29, 0.717) is 33.8 Å². The fourth-order valence-electron chi connectivity index (χ4n) is 9.96. The lowest BCUT2D eigenvalue weighted by molar-refractivity contribution is -0.384. The van der Waals surface area contributed by atoms with Crippen molar-refractivity contribution in [2.24, 2.45) is 36.1 Å². The Labute approximate surface area is 335 Å². The number of thiophene rings is 1. The minimum absolute atomic E-state index is 0.0278. The lowest BCUT2D eigenvalue weighted by Gasteiger charge is -2.49. The number of nitrogens with zero attached hydrogens (tertiary/aromatic N) is 5. The molecule has 9 rings (SSSR count). The Morgan fingerprint density at radius 3 is 2.56 bits per heavy atom. The van der Waals surface area contributed by atoms with Gasteiger partial charge in [0.2, 0.25) is 23.6 Å². The smallest absolute Gasteiger partial charge is 0.271 e. The van der Waals surface area contributed by atoms with Crippen molar-refractivity contribution in [1.29, 1.82) is 0 Å². The van der Waals surface area contributed by atoms with E-state index in [0.717, 1.165) is 25.4 Å². The molecule has 5 aromatic rings. The van der Waals surface area contributed by atoms with Crippen LogP contribution in [0.1, 0.15) is 42.4 Å². The first kappa shape index (κ1) is 36.7. The van der Waals surface area contributed by atoms with Gasteiger partial charge in [-0.25, -0.2) is 9.80 Å². The van der Waals surface area contributed by atoms with Gasteiger partial charge < -0.3 is 5.11 Å². The summed E-state index contributed by atoms with van der Waals surface area (Å²) in [6.45, 7) is 7.58. The Morgan fingerprint density at radius 2 is 1.81 bits per heavy atom. The zero-order chi connectivity index (χ0) is 40.2. The number of aromatic nitrogens is 2. The van der Waals surface area contributed by atoms with Crippen LogP contribution in [0.25, 0.3) is 20.7 Å². The van der Waals surface area contributed by atoms with Crippen LogP contribution in [0.5, 0.6) is 5.75 Å². The van der Waals surface area contributed by atoms with Gasteiger partial charge in [-0.1, -0.05) is 53.6 Å². The molecule has 12 nitrogen and oxygen atoms in total. The lowest BCUT2D eigenvalue weighted by atomic mass is 9.51. The van der Waals surface area contributed by atoms with Crippen LogP contribution in [0.4, 0.5) is 17.2 Å². The number of halogens is 1. The van der Waals surface area contributed by atoms with E-state index >= 15 is 4.79 Å². The summed E-state index contributed by atoms with van der Waals surface area (Å²) < 4.78 is 2.55. The topological polar surface area (TPSA) is 156 Å². The molecule has 1 N–H and O–H groups in total. The molecule has 0 radical (unpaired) electrons. The molecule has 2 aromatic heterocycles. The molecular formula is C43H36ClN5O7S. The molecule has 57 heavy (non-hydrogen) atoms. The van der Waals surface area contributed by atoms with Gasteiger partial charge in [-0.05, 0) is 79.8 Å². The first-order valence-electron chi connectivity index (χ1n) is 18.6. The van der Waals surface area contributed by atoms with Gasteiger partial charge in [0.1, 0.15) is 17.3 Å². The second-order valence-corrected chi connectivity index (χ2v) is 17.0. The van der Waals surface area contributed by atoms with Gasteiger partial charge in [0.15, 0.2) is 0 Å². The van der Waals surface area contributed by atoms with E-state index in [9.17, 15) is 29.6 Å². The number of nitro groups is 1. The first-order valence-corrected chi connectivity index (χ1v) is 19.8. The number of allylic oxidation sites excluding steroid dienone is 3. The Bertz CT molecular complexity index is 2680. The predicted octanol–water partition coefficient (Wildman–Crippen LogP) is 8.04. The van der Waals surface area contributed by atoms with E-state index in [2.05, 4.69) is 6.58 Å². The molecule has 2 saturated heterocycles. The number of phenolic OH excluding ortho intramolecular Hbond substituents is 1. The molecule has 4 heterocycles. The van der Waals surface area contributed by atoms with Gasteiger partial charge >= 0.3 is 0 Å². The molecule has 0 bridgehead atoms. The molecule has 0 spiro atoms. The molecule has 14 heteroatoms. The number of nitro benzene ring substituents is 1. The monoisotopic (exact) mass is 801 g/mol. The van der Waals surface area contributed by atoms with Crippen LogP contribution < -0.4 is 9.80 Å². The molecule has 2 aliphatic carbocycles. The number of non-ortho nitro benzene ring substituents is 1.